The minimum Gasteiger partial charge on any atom is -0.169 e. The van der Waals surface area contributed by atoms with Crippen molar-refractivity contribution in [3.05, 3.63) is 12.2 Å². The number of rotatable bonds is 1. The molecule has 0 fully saturated rings. The van der Waals surface area contributed by atoms with E-state index in [1.54, 1.807) is 0 Å². The van der Waals surface area contributed by atoms with Gasteiger partial charge in [-0.05, 0) is 6.08 Å². The van der Waals surface area contributed by atoms with Crippen LogP contribution >= 0.6 is 81.2 Å². The van der Waals surface area contributed by atoms with E-state index in [0.29, 0.717) is 6.08 Å². The highest BCUT2D eigenvalue weighted by Crippen LogP contribution is 2.38. The van der Waals surface area contributed by atoms with Crippen molar-refractivity contribution in [3.8, 4) is 0 Å². The zero-order chi connectivity index (χ0) is 17.7. The summed E-state index contributed by atoms with van der Waals surface area (Å²) >= 11 is 35.1. The second-order valence-electron chi connectivity index (χ2n) is 3.25. The van der Waals surface area contributed by atoms with Gasteiger partial charge in [0.2, 0.25) is 3.79 Å². The van der Waals surface area contributed by atoms with Crippen molar-refractivity contribution < 1.29 is 26.3 Å². The summed E-state index contributed by atoms with van der Waals surface area (Å²) in [5.41, 5.74) is 0. The fourth-order valence-electron chi connectivity index (χ4n) is 0.508. The Morgan fingerprint density at radius 3 is 1.24 bits per heavy atom. The lowest BCUT2D eigenvalue weighted by atomic mass is 10.3. The molecule has 21 heavy (non-hydrogen) atoms. The lowest BCUT2D eigenvalue weighted by Gasteiger charge is -2.17. The third-order valence-electron chi connectivity index (χ3n) is 1.23. The molecule has 0 spiro atoms. The Bertz CT molecular complexity index is 308. The SMILES string of the molecule is FC(F)(F)/C=C/C(Cl)(Cl)Cl.FC(F)(F)C(Cl)CC(Cl)(Cl)Cl. The molecule has 1 unspecified atom stereocenters. The van der Waals surface area contributed by atoms with Crippen LogP contribution in [0.4, 0.5) is 26.3 Å². The maximum absolute atomic E-state index is 11.7. The second-order valence-corrected chi connectivity index (χ2v) is 8.66. The van der Waals surface area contributed by atoms with Gasteiger partial charge in [0.1, 0.15) is 5.38 Å². The molecule has 0 saturated heterocycles. The summed E-state index contributed by atoms with van der Waals surface area (Å²) < 4.78 is 65.1. The summed E-state index contributed by atoms with van der Waals surface area (Å²) in [7, 11) is 0. The smallest absolute Gasteiger partial charge is 0.169 e. The van der Waals surface area contributed by atoms with Crippen LogP contribution in [-0.2, 0) is 0 Å². The molecule has 0 nitrogen and oxygen atoms in total. The molecule has 13 heteroatoms. The quantitative estimate of drug-likeness (QED) is 0.216. The van der Waals surface area contributed by atoms with Gasteiger partial charge in [0.25, 0.3) is 0 Å². The molecule has 0 bridgehead atoms. The van der Waals surface area contributed by atoms with Crippen LogP contribution in [0.3, 0.4) is 0 Å². The number of hydrogen-bond acceptors (Lipinski definition) is 0. The van der Waals surface area contributed by atoms with E-state index in [-0.39, 0.29) is 6.08 Å². The first-order valence-corrected chi connectivity index (χ1v) is 7.15. The standard InChI is InChI=1S/C4H3Cl4F3.C4H2Cl3F3/c5-2(4(9,10)11)1-3(6,7)8;5-3(6,7)1-2-4(8,9)10/h2H,1H2;1-2H/b;2-1+. The Morgan fingerprint density at radius 1 is 0.762 bits per heavy atom. The molecule has 0 aliphatic carbocycles. The molecular weight excluding hydrogens is 458 g/mol. The molecule has 0 aliphatic heterocycles. The maximum Gasteiger partial charge on any atom is 0.409 e. The van der Waals surface area contributed by atoms with Crippen LogP contribution in [0, 0.1) is 0 Å². The van der Waals surface area contributed by atoms with Gasteiger partial charge in [-0.1, -0.05) is 69.6 Å². The third-order valence-corrected chi connectivity index (χ3v) is 2.47. The molecule has 0 amide bonds. The van der Waals surface area contributed by atoms with Crippen LogP contribution in [-0.4, -0.2) is 25.3 Å². The molecule has 0 aliphatic rings. The Hall–Kier alpha value is 1.35. The molecule has 0 N–H and O–H groups in total. The van der Waals surface area contributed by atoms with E-state index < -0.39 is 31.7 Å². The lowest BCUT2D eigenvalue weighted by molar-refractivity contribution is -0.131. The monoisotopic (exact) mass is 460 g/mol. The van der Waals surface area contributed by atoms with Gasteiger partial charge in [-0.25, -0.2) is 0 Å². The summed E-state index contributed by atoms with van der Waals surface area (Å²) in [4.78, 5) is 0. The second kappa shape index (κ2) is 9.00. The third kappa shape index (κ3) is 21.4. The van der Waals surface area contributed by atoms with E-state index in [4.69, 9.17) is 81.2 Å². The number of allylic oxidation sites excluding steroid dienone is 2. The van der Waals surface area contributed by atoms with Gasteiger partial charge in [0, 0.05) is 12.5 Å². The molecule has 1 atom stereocenters. The highest BCUT2D eigenvalue weighted by Gasteiger charge is 2.42. The predicted molar refractivity (Wildman–Crippen MR) is 76.1 cm³/mol. The summed E-state index contributed by atoms with van der Waals surface area (Å²) in [6.07, 6.45) is -9.38. The van der Waals surface area contributed by atoms with Gasteiger partial charge in [0.05, 0.1) is 0 Å². The van der Waals surface area contributed by atoms with Crippen molar-refractivity contribution in [2.75, 3.05) is 0 Å². The van der Waals surface area contributed by atoms with Crippen LogP contribution in [0.15, 0.2) is 12.2 Å². The number of hydrogen-bond donors (Lipinski definition) is 0. The summed E-state index contributed by atoms with van der Waals surface area (Å²) in [5.74, 6) is 0. The summed E-state index contributed by atoms with van der Waals surface area (Å²) in [5, 5.41) is -2.12. The fourth-order valence-corrected chi connectivity index (χ4v) is 1.63. The Morgan fingerprint density at radius 2 is 1.14 bits per heavy atom. The van der Waals surface area contributed by atoms with Gasteiger partial charge in [0.15, 0.2) is 3.79 Å². The minimum atomic E-state index is -4.52. The van der Waals surface area contributed by atoms with Gasteiger partial charge in [-0.15, -0.1) is 11.6 Å². The molecule has 0 rings (SSSR count). The zero-order valence-electron chi connectivity index (χ0n) is 9.35. The predicted octanol–water partition coefficient (Wildman–Crippen LogP) is 7.39. The van der Waals surface area contributed by atoms with Crippen molar-refractivity contribution in [1.82, 2.24) is 0 Å². The highest BCUT2D eigenvalue weighted by atomic mass is 35.6. The van der Waals surface area contributed by atoms with Gasteiger partial charge in [-0.2, -0.15) is 26.3 Å². The van der Waals surface area contributed by atoms with Crippen molar-refractivity contribution in [2.24, 2.45) is 0 Å². The van der Waals surface area contributed by atoms with Crippen LogP contribution in [0.25, 0.3) is 0 Å². The lowest BCUT2D eigenvalue weighted by Crippen LogP contribution is -2.27. The first-order valence-electron chi connectivity index (χ1n) is 4.45. The summed E-state index contributed by atoms with van der Waals surface area (Å²) in [6.45, 7) is 0. The first-order chi connectivity index (χ1) is 8.83. The van der Waals surface area contributed by atoms with Crippen molar-refractivity contribution >= 4 is 81.2 Å². The van der Waals surface area contributed by atoms with Crippen LogP contribution < -0.4 is 0 Å². The molecule has 0 aromatic carbocycles. The molecule has 0 saturated carbocycles. The largest absolute Gasteiger partial charge is 0.409 e. The minimum absolute atomic E-state index is 0.125. The summed E-state index contributed by atoms with van der Waals surface area (Å²) in [6, 6.07) is 0. The Kier molecular flexibility index (Phi) is 10.5. The average molecular weight is 463 g/mol. The number of alkyl halides is 13. The zero-order valence-corrected chi connectivity index (χ0v) is 14.6. The van der Waals surface area contributed by atoms with E-state index in [2.05, 4.69) is 0 Å². The first kappa shape index (κ1) is 24.6. The van der Waals surface area contributed by atoms with Crippen molar-refractivity contribution in [1.29, 1.82) is 0 Å². The van der Waals surface area contributed by atoms with E-state index in [1.165, 1.54) is 0 Å². The number of halogens is 13. The molecule has 0 aromatic heterocycles. The van der Waals surface area contributed by atoms with E-state index in [9.17, 15) is 26.3 Å². The fraction of sp³-hybridized carbons (Fsp3) is 0.750. The van der Waals surface area contributed by atoms with Crippen molar-refractivity contribution in [3.63, 3.8) is 0 Å². The maximum atomic E-state index is 11.7. The molecule has 128 valence electrons. The van der Waals surface area contributed by atoms with E-state index in [1.807, 2.05) is 0 Å². The van der Waals surface area contributed by atoms with Gasteiger partial charge >= 0.3 is 12.4 Å². The van der Waals surface area contributed by atoms with Gasteiger partial charge < -0.3 is 0 Å². The van der Waals surface area contributed by atoms with Crippen LogP contribution in [0.5, 0.6) is 0 Å². The van der Waals surface area contributed by atoms with E-state index >= 15 is 0 Å². The Balaban J connectivity index is 0. The van der Waals surface area contributed by atoms with Crippen LogP contribution in [0.1, 0.15) is 6.42 Å². The van der Waals surface area contributed by atoms with E-state index in [0.717, 1.165) is 0 Å². The average Bonchev–Trinajstić information content (AvgIpc) is 2.09. The van der Waals surface area contributed by atoms with Crippen molar-refractivity contribution in [2.45, 2.75) is 31.7 Å². The Labute approximate surface area is 151 Å². The molecular formula is C8H5Cl7F6. The molecule has 0 heterocycles. The van der Waals surface area contributed by atoms with Gasteiger partial charge in [-0.3, -0.25) is 0 Å². The molecule has 0 aromatic rings. The highest BCUT2D eigenvalue weighted by molar-refractivity contribution is 6.69. The normalized spacial score (nSPS) is 15.7. The topological polar surface area (TPSA) is 0 Å². The van der Waals surface area contributed by atoms with Crippen LogP contribution in [0.2, 0.25) is 0 Å². The molecule has 0 radical (unpaired) electrons.